The van der Waals surface area contributed by atoms with Gasteiger partial charge in [0.25, 0.3) is 11.5 Å². The van der Waals surface area contributed by atoms with Gasteiger partial charge in [-0.25, -0.2) is 4.68 Å². The number of nitrogens with zero attached hydrogens (tertiary/aromatic N) is 4. The molecule has 0 N–H and O–H groups in total. The number of thiazole rings is 1. The van der Waals surface area contributed by atoms with Crippen molar-refractivity contribution in [2.24, 2.45) is 4.99 Å². The molecule has 26 heavy (non-hydrogen) atoms. The molecule has 0 aliphatic carbocycles. The van der Waals surface area contributed by atoms with Gasteiger partial charge in [-0.15, -0.1) is 11.3 Å². The lowest BCUT2D eigenvalue weighted by atomic mass is 10.2. The Morgan fingerprint density at radius 3 is 2.85 bits per heavy atom. The summed E-state index contributed by atoms with van der Waals surface area (Å²) in [5, 5.41) is 6.62. The standard InChI is InChI=1S/C18H17ClN4O2S/c1-2-9-23-16(24)8-7-15(21-23)17(25)20-18-22(10-11-26-18)12-13-5-3-4-6-14(13)19/h3-8,10-11H,2,9,12H2,1H3. The highest BCUT2D eigenvalue weighted by Crippen LogP contribution is 2.15. The quantitative estimate of drug-likeness (QED) is 0.674. The van der Waals surface area contributed by atoms with Gasteiger partial charge in [0.2, 0.25) is 0 Å². The van der Waals surface area contributed by atoms with Crippen molar-refractivity contribution in [2.75, 3.05) is 0 Å². The zero-order valence-electron chi connectivity index (χ0n) is 14.1. The molecule has 2 heterocycles. The van der Waals surface area contributed by atoms with Gasteiger partial charge in [-0.1, -0.05) is 36.7 Å². The van der Waals surface area contributed by atoms with Gasteiger partial charge in [-0.3, -0.25) is 9.59 Å². The molecule has 3 aromatic rings. The molecule has 134 valence electrons. The molecule has 8 heteroatoms. The van der Waals surface area contributed by atoms with Crippen LogP contribution in [-0.2, 0) is 13.1 Å². The van der Waals surface area contributed by atoms with Crippen molar-refractivity contribution in [3.63, 3.8) is 0 Å². The number of aryl methyl sites for hydroxylation is 1. The fourth-order valence-corrected chi connectivity index (χ4v) is 3.32. The summed E-state index contributed by atoms with van der Waals surface area (Å²) >= 11 is 7.56. The van der Waals surface area contributed by atoms with Crippen LogP contribution >= 0.6 is 22.9 Å². The molecule has 2 aromatic heterocycles. The first-order valence-electron chi connectivity index (χ1n) is 8.13. The number of aromatic nitrogens is 3. The lowest BCUT2D eigenvalue weighted by Crippen LogP contribution is -2.24. The van der Waals surface area contributed by atoms with Crippen LogP contribution in [0.5, 0.6) is 0 Å². The Labute approximate surface area is 159 Å². The number of hydrogen-bond donors (Lipinski definition) is 0. The molecule has 0 aliphatic heterocycles. The predicted octanol–water partition coefficient (Wildman–Crippen LogP) is 2.96. The van der Waals surface area contributed by atoms with Crippen molar-refractivity contribution in [1.82, 2.24) is 14.3 Å². The Balaban J connectivity index is 1.91. The van der Waals surface area contributed by atoms with Crippen molar-refractivity contribution in [3.8, 4) is 0 Å². The average Bonchev–Trinajstić information content (AvgIpc) is 3.06. The van der Waals surface area contributed by atoms with Crippen LogP contribution in [0, 0.1) is 0 Å². The SMILES string of the molecule is CCCn1nc(C(=O)N=c2sccn2Cc2ccccc2Cl)ccc1=O. The van der Waals surface area contributed by atoms with E-state index in [9.17, 15) is 9.59 Å². The molecule has 0 radical (unpaired) electrons. The van der Waals surface area contributed by atoms with Gasteiger partial charge < -0.3 is 4.57 Å². The second-order valence-corrected chi connectivity index (χ2v) is 6.88. The molecule has 0 spiro atoms. The molecule has 1 aromatic carbocycles. The fraction of sp³-hybridized carbons (Fsp3) is 0.222. The van der Waals surface area contributed by atoms with Gasteiger partial charge in [0.05, 0.1) is 6.54 Å². The second-order valence-electron chi connectivity index (χ2n) is 5.60. The zero-order chi connectivity index (χ0) is 18.5. The summed E-state index contributed by atoms with van der Waals surface area (Å²) in [6.07, 6.45) is 2.61. The van der Waals surface area contributed by atoms with E-state index in [2.05, 4.69) is 10.1 Å². The summed E-state index contributed by atoms with van der Waals surface area (Å²) in [4.78, 5) is 28.9. The maximum absolute atomic E-state index is 12.5. The number of rotatable bonds is 5. The van der Waals surface area contributed by atoms with Crippen LogP contribution in [0.4, 0.5) is 0 Å². The van der Waals surface area contributed by atoms with E-state index >= 15 is 0 Å². The minimum Gasteiger partial charge on any atom is -0.319 e. The van der Waals surface area contributed by atoms with E-state index in [1.807, 2.05) is 47.3 Å². The zero-order valence-corrected chi connectivity index (χ0v) is 15.7. The molecule has 0 unspecified atom stereocenters. The number of hydrogen-bond acceptors (Lipinski definition) is 4. The molecule has 3 rings (SSSR count). The van der Waals surface area contributed by atoms with Crippen molar-refractivity contribution < 1.29 is 4.79 Å². The normalized spacial score (nSPS) is 11.7. The number of amides is 1. The minimum atomic E-state index is -0.481. The van der Waals surface area contributed by atoms with Gasteiger partial charge in [0.15, 0.2) is 10.5 Å². The summed E-state index contributed by atoms with van der Waals surface area (Å²) in [6.45, 7) is 2.92. The topological polar surface area (TPSA) is 69.2 Å². The van der Waals surface area contributed by atoms with Crippen LogP contribution < -0.4 is 10.4 Å². The molecule has 0 atom stereocenters. The van der Waals surface area contributed by atoms with Crippen LogP contribution in [0.2, 0.25) is 5.02 Å². The van der Waals surface area contributed by atoms with E-state index in [4.69, 9.17) is 11.6 Å². The highest BCUT2D eigenvalue weighted by Gasteiger charge is 2.10. The van der Waals surface area contributed by atoms with Crippen molar-refractivity contribution in [2.45, 2.75) is 26.4 Å². The third-order valence-corrected chi connectivity index (χ3v) is 4.84. The van der Waals surface area contributed by atoms with E-state index in [1.165, 1.54) is 28.2 Å². The Bertz CT molecular complexity index is 1050. The first-order valence-corrected chi connectivity index (χ1v) is 9.39. The summed E-state index contributed by atoms with van der Waals surface area (Å²) in [5.41, 5.74) is 0.861. The van der Waals surface area contributed by atoms with Gasteiger partial charge in [-0.05, 0) is 24.1 Å². The molecule has 0 saturated heterocycles. The van der Waals surface area contributed by atoms with Gasteiger partial charge >= 0.3 is 0 Å². The number of benzene rings is 1. The van der Waals surface area contributed by atoms with Crippen LogP contribution in [0.1, 0.15) is 29.4 Å². The third-order valence-electron chi connectivity index (χ3n) is 3.68. The summed E-state index contributed by atoms with van der Waals surface area (Å²) in [5.74, 6) is -0.481. The first-order chi connectivity index (χ1) is 12.6. The summed E-state index contributed by atoms with van der Waals surface area (Å²) < 4.78 is 3.14. The Kier molecular flexibility index (Phi) is 5.80. The maximum atomic E-state index is 12.5. The Hall–Kier alpha value is -2.51. The molecule has 0 saturated carbocycles. The van der Waals surface area contributed by atoms with Crippen LogP contribution in [0.3, 0.4) is 0 Å². The first kappa shape index (κ1) is 18.3. The Morgan fingerprint density at radius 1 is 1.27 bits per heavy atom. The van der Waals surface area contributed by atoms with Crippen LogP contribution in [0.25, 0.3) is 0 Å². The van der Waals surface area contributed by atoms with E-state index < -0.39 is 5.91 Å². The molecule has 0 fully saturated rings. The van der Waals surface area contributed by atoms with E-state index in [1.54, 1.807) is 0 Å². The van der Waals surface area contributed by atoms with Gasteiger partial charge in [0, 0.05) is 29.2 Å². The highest BCUT2D eigenvalue weighted by atomic mass is 35.5. The largest absolute Gasteiger partial charge is 0.319 e. The van der Waals surface area contributed by atoms with Gasteiger partial charge in [0.1, 0.15) is 0 Å². The lowest BCUT2D eigenvalue weighted by molar-refractivity contribution is 0.0990. The molecule has 6 nitrogen and oxygen atoms in total. The molecule has 1 amide bonds. The smallest absolute Gasteiger partial charge is 0.300 e. The van der Waals surface area contributed by atoms with Crippen molar-refractivity contribution in [1.29, 1.82) is 0 Å². The average molecular weight is 389 g/mol. The summed E-state index contributed by atoms with van der Waals surface area (Å²) in [6, 6.07) is 10.3. The van der Waals surface area contributed by atoms with E-state index in [-0.39, 0.29) is 11.3 Å². The van der Waals surface area contributed by atoms with E-state index in [0.717, 1.165) is 12.0 Å². The minimum absolute atomic E-state index is 0.149. The number of carbonyl (C=O) groups is 1. The van der Waals surface area contributed by atoms with Crippen molar-refractivity contribution >= 4 is 28.8 Å². The monoisotopic (exact) mass is 388 g/mol. The maximum Gasteiger partial charge on any atom is 0.300 e. The summed E-state index contributed by atoms with van der Waals surface area (Å²) in [7, 11) is 0. The number of halogens is 1. The molecular weight excluding hydrogens is 372 g/mol. The highest BCUT2D eigenvalue weighted by molar-refractivity contribution is 7.07. The molecular formula is C18H17ClN4O2S. The third kappa shape index (κ3) is 4.17. The van der Waals surface area contributed by atoms with Crippen molar-refractivity contribution in [3.05, 3.63) is 79.4 Å². The lowest BCUT2D eigenvalue weighted by Gasteiger charge is -2.05. The van der Waals surface area contributed by atoms with E-state index in [0.29, 0.717) is 22.9 Å². The number of carbonyl (C=O) groups excluding carboxylic acids is 1. The molecule has 0 aliphatic rings. The predicted molar refractivity (Wildman–Crippen MR) is 102 cm³/mol. The fourth-order valence-electron chi connectivity index (χ4n) is 2.40. The molecule has 0 bridgehead atoms. The Morgan fingerprint density at radius 2 is 2.08 bits per heavy atom. The second kappa shape index (κ2) is 8.25. The van der Waals surface area contributed by atoms with Crippen LogP contribution in [-0.4, -0.2) is 20.3 Å². The van der Waals surface area contributed by atoms with Gasteiger partial charge in [-0.2, -0.15) is 10.1 Å². The van der Waals surface area contributed by atoms with Crippen LogP contribution in [0.15, 0.2) is 57.8 Å².